The molecular formula is C59H51N. The predicted octanol–water partition coefficient (Wildman–Crippen LogP) is 16.2. The Balaban J connectivity index is 0.000000301. The maximum atomic E-state index is 2.38. The van der Waals surface area contributed by atoms with Gasteiger partial charge in [0.25, 0.3) is 0 Å². The van der Waals surface area contributed by atoms with E-state index in [9.17, 15) is 0 Å². The second kappa shape index (κ2) is 18.6. The largest absolute Gasteiger partial charge is 0.311 e. The van der Waals surface area contributed by atoms with Crippen LogP contribution < -0.4 is 4.90 Å². The van der Waals surface area contributed by atoms with Crippen molar-refractivity contribution in [3.8, 4) is 11.1 Å². The Morgan fingerprint density at radius 1 is 0.400 bits per heavy atom. The van der Waals surface area contributed by atoms with Crippen LogP contribution in [-0.4, -0.2) is 0 Å². The molecule has 0 bridgehead atoms. The molecule has 60 heavy (non-hydrogen) atoms. The molecule has 292 valence electrons. The molecule has 0 amide bonds. The summed E-state index contributed by atoms with van der Waals surface area (Å²) in [6.07, 6.45) is 11.5. The van der Waals surface area contributed by atoms with Crippen LogP contribution in [0.5, 0.6) is 0 Å². The van der Waals surface area contributed by atoms with Crippen LogP contribution in [-0.2, 0) is 0 Å². The number of fused-ring (bicyclic) bond motifs is 2. The van der Waals surface area contributed by atoms with Gasteiger partial charge in [-0.1, -0.05) is 211 Å². The first kappa shape index (κ1) is 39.6. The van der Waals surface area contributed by atoms with E-state index in [-0.39, 0.29) is 5.92 Å². The lowest BCUT2D eigenvalue weighted by Gasteiger charge is -2.25. The van der Waals surface area contributed by atoms with E-state index >= 15 is 0 Å². The highest BCUT2D eigenvalue weighted by Crippen LogP contribution is 2.46. The third kappa shape index (κ3) is 8.92. The van der Waals surface area contributed by atoms with Crippen LogP contribution in [0.2, 0.25) is 0 Å². The molecule has 0 radical (unpaired) electrons. The van der Waals surface area contributed by atoms with Crippen LogP contribution in [0.15, 0.2) is 236 Å². The second-order valence-corrected chi connectivity index (χ2v) is 15.6. The number of anilines is 3. The zero-order valence-corrected chi connectivity index (χ0v) is 35.0. The Bertz CT molecular complexity index is 2710. The van der Waals surface area contributed by atoms with E-state index in [1.54, 1.807) is 0 Å². The molecular weight excluding hydrogens is 723 g/mol. The normalized spacial score (nSPS) is 13.7. The van der Waals surface area contributed by atoms with Crippen molar-refractivity contribution in [1.82, 2.24) is 0 Å². The van der Waals surface area contributed by atoms with E-state index in [2.05, 4.69) is 227 Å². The first-order valence-corrected chi connectivity index (χ1v) is 20.9. The average molecular weight is 774 g/mol. The molecule has 0 fully saturated rings. The van der Waals surface area contributed by atoms with Crippen LogP contribution in [0, 0.1) is 33.6 Å². The molecule has 0 saturated heterocycles. The van der Waals surface area contributed by atoms with Gasteiger partial charge in [0.05, 0.1) is 0 Å². The van der Waals surface area contributed by atoms with Gasteiger partial charge < -0.3 is 4.90 Å². The smallest absolute Gasteiger partial charge is 0.0462 e. The minimum Gasteiger partial charge on any atom is -0.311 e. The highest BCUT2D eigenvalue weighted by atomic mass is 15.1. The highest BCUT2D eigenvalue weighted by molar-refractivity contribution is 6.06. The number of allylic oxidation sites excluding steroid dienone is 8. The average Bonchev–Trinajstić information content (AvgIpc) is 3.74. The summed E-state index contributed by atoms with van der Waals surface area (Å²) < 4.78 is 0. The monoisotopic (exact) mass is 773 g/mol. The van der Waals surface area contributed by atoms with Crippen LogP contribution >= 0.6 is 0 Å². The standard InChI is InChI=1S/C45H35N.2C7H8/c1-31-19-22-33(23-20-31)39-28-21-32(2)45-43(39)17-10-18-44(45)41-16-9-15-40-38(29-30-42(40)41)34-24-26-37(27-25-34)46(35-11-5-3-6-12-35)36-13-7-4-8-14-36;2*1-7-5-3-2-4-6-7/h3-30,42H,1-2H3;2*2-6H,1H3. The molecule has 0 spiro atoms. The number of para-hydroxylation sites is 2. The van der Waals surface area contributed by atoms with Gasteiger partial charge in [-0.05, 0) is 119 Å². The number of rotatable bonds is 6. The molecule has 10 rings (SSSR count). The maximum Gasteiger partial charge on any atom is 0.0462 e. The van der Waals surface area contributed by atoms with E-state index in [4.69, 9.17) is 0 Å². The molecule has 8 aromatic rings. The van der Waals surface area contributed by atoms with Gasteiger partial charge in [-0.2, -0.15) is 0 Å². The van der Waals surface area contributed by atoms with Crippen LogP contribution in [0.4, 0.5) is 17.1 Å². The van der Waals surface area contributed by atoms with Crippen molar-refractivity contribution in [2.45, 2.75) is 27.7 Å². The van der Waals surface area contributed by atoms with Crippen molar-refractivity contribution in [3.63, 3.8) is 0 Å². The third-order valence-corrected chi connectivity index (χ3v) is 11.3. The number of hydrogen-bond donors (Lipinski definition) is 0. The van der Waals surface area contributed by atoms with Gasteiger partial charge in [0.1, 0.15) is 0 Å². The van der Waals surface area contributed by atoms with Crippen LogP contribution in [0.3, 0.4) is 0 Å². The number of hydrogen-bond acceptors (Lipinski definition) is 1. The number of nitrogens with zero attached hydrogens (tertiary/aromatic N) is 1. The summed E-state index contributed by atoms with van der Waals surface area (Å²) >= 11 is 0. The van der Waals surface area contributed by atoms with Crippen LogP contribution in [0.25, 0.3) is 33.0 Å². The second-order valence-electron chi connectivity index (χ2n) is 15.6. The molecule has 2 aliphatic rings. The van der Waals surface area contributed by atoms with Gasteiger partial charge >= 0.3 is 0 Å². The first-order chi connectivity index (χ1) is 29.4. The molecule has 0 N–H and O–H groups in total. The van der Waals surface area contributed by atoms with E-state index in [1.807, 2.05) is 36.4 Å². The van der Waals surface area contributed by atoms with Gasteiger partial charge in [0.2, 0.25) is 0 Å². The molecule has 1 atom stereocenters. The topological polar surface area (TPSA) is 3.24 Å². The first-order valence-electron chi connectivity index (χ1n) is 20.9. The van der Waals surface area contributed by atoms with E-state index in [0.29, 0.717) is 0 Å². The lowest BCUT2D eigenvalue weighted by atomic mass is 9.80. The van der Waals surface area contributed by atoms with Crippen LogP contribution in [0.1, 0.15) is 33.4 Å². The zero-order chi connectivity index (χ0) is 41.3. The summed E-state index contributed by atoms with van der Waals surface area (Å²) in [6, 6.07) is 71.0. The minimum atomic E-state index is 0.220. The van der Waals surface area contributed by atoms with Crippen molar-refractivity contribution in [2.24, 2.45) is 5.92 Å². The Morgan fingerprint density at radius 3 is 1.47 bits per heavy atom. The Hall–Kier alpha value is -7.22. The van der Waals surface area contributed by atoms with Crippen molar-refractivity contribution in [2.75, 3.05) is 4.90 Å². The lowest BCUT2D eigenvalue weighted by molar-refractivity contribution is 1.05. The van der Waals surface area contributed by atoms with Crippen molar-refractivity contribution in [1.29, 1.82) is 0 Å². The summed E-state index contributed by atoms with van der Waals surface area (Å²) in [7, 11) is 0. The van der Waals surface area contributed by atoms with E-state index in [1.165, 1.54) is 72.0 Å². The summed E-state index contributed by atoms with van der Waals surface area (Å²) in [4.78, 5) is 2.31. The predicted molar refractivity (Wildman–Crippen MR) is 259 cm³/mol. The summed E-state index contributed by atoms with van der Waals surface area (Å²) in [5, 5.41) is 2.65. The zero-order valence-electron chi connectivity index (χ0n) is 35.0. The quantitative estimate of drug-likeness (QED) is 0.163. The van der Waals surface area contributed by atoms with Gasteiger partial charge in [0, 0.05) is 23.0 Å². The van der Waals surface area contributed by atoms with Gasteiger partial charge in [-0.15, -0.1) is 0 Å². The number of benzene rings is 8. The lowest BCUT2D eigenvalue weighted by Crippen LogP contribution is -2.09. The van der Waals surface area contributed by atoms with Gasteiger partial charge in [0.15, 0.2) is 0 Å². The minimum absolute atomic E-state index is 0.220. The molecule has 1 unspecified atom stereocenters. The highest BCUT2D eigenvalue weighted by Gasteiger charge is 2.27. The molecule has 1 nitrogen and oxygen atoms in total. The van der Waals surface area contributed by atoms with Crippen molar-refractivity contribution >= 4 is 39.0 Å². The Morgan fingerprint density at radius 2 is 0.917 bits per heavy atom. The summed E-state index contributed by atoms with van der Waals surface area (Å²) in [5.41, 5.74) is 17.8. The third-order valence-electron chi connectivity index (χ3n) is 11.3. The summed E-state index contributed by atoms with van der Waals surface area (Å²) in [5.74, 6) is 0.220. The molecule has 2 aliphatic carbocycles. The molecule has 0 saturated carbocycles. The SMILES string of the molecule is Cc1ccc(-c2ccc(C)c3c(C4=CC=CC5=C(c6ccc(N(c7ccccc7)c7ccccc7)cc6)C=CC45)cccc23)cc1.Cc1ccccc1.Cc1ccccc1. The molecule has 0 aromatic heterocycles. The molecule has 0 aliphatic heterocycles. The van der Waals surface area contributed by atoms with Crippen molar-refractivity contribution in [3.05, 3.63) is 270 Å². The molecule has 8 aromatic carbocycles. The summed E-state index contributed by atoms with van der Waals surface area (Å²) in [6.45, 7) is 8.55. The molecule has 1 heteroatoms. The van der Waals surface area contributed by atoms with Gasteiger partial charge in [-0.3, -0.25) is 0 Å². The van der Waals surface area contributed by atoms with E-state index in [0.717, 1.165) is 17.1 Å². The molecule has 0 heterocycles. The fourth-order valence-electron chi connectivity index (χ4n) is 8.17. The fraction of sp³-hybridized carbons (Fsp3) is 0.0847. The Labute approximate surface area is 356 Å². The van der Waals surface area contributed by atoms with Crippen molar-refractivity contribution < 1.29 is 0 Å². The Kier molecular flexibility index (Phi) is 12.3. The van der Waals surface area contributed by atoms with Gasteiger partial charge in [-0.25, -0.2) is 0 Å². The fourth-order valence-corrected chi connectivity index (χ4v) is 8.17. The van der Waals surface area contributed by atoms with E-state index < -0.39 is 0 Å². The maximum absolute atomic E-state index is 2.38. The number of aryl methyl sites for hydroxylation is 4.